The highest BCUT2D eigenvalue weighted by atomic mass is 16.7. The minimum atomic E-state index is -1.58. The topological polar surface area (TPSA) is 169 Å². The molecule has 4 rings (SSSR count). The van der Waals surface area contributed by atoms with Crippen molar-refractivity contribution < 1.29 is 58.4 Å². The lowest BCUT2D eigenvalue weighted by molar-refractivity contribution is -0.318. The van der Waals surface area contributed by atoms with Crippen molar-refractivity contribution in [1.29, 1.82) is 0 Å². The highest BCUT2D eigenvalue weighted by molar-refractivity contribution is 5.73. The van der Waals surface area contributed by atoms with Gasteiger partial charge < -0.3 is 58.5 Å². The average molecular weight is 787 g/mol. The van der Waals surface area contributed by atoms with Crippen molar-refractivity contribution in [3.05, 3.63) is 12.7 Å². The molecule has 14 heteroatoms. The average Bonchev–Trinajstić information content (AvgIpc) is 3.10. The number of aliphatic hydroxyl groups excluding tert-OH is 2. The number of hydrogen-bond acceptors (Lipinski definition) is 14. The Hall–Kier alpha value is -1.27. The number of fused-ring (bicyclic) bond motifs is 2. The molecule has 0 aromatic carbocycles. The number of esters is 1. The molecule has 0 saturated carbocycles. The number of aliphatic hydroxyl groups is 4. The predicted molar refractivity (Wildman–Crippen MR) is 206 cm³/mol. The number of likely N-dealkylation sites (N-methyl/N-ethyl adjacent to an activating group) is 1. The Morgan fingerprint density at radius 1 is 0.982 bits per heavy atom. The standard InChI is InChI=1S/C41H74N2O12/c1-15-28-21-43-20-22(3)18-39(9,47)35(55-38-32(44)29(42(12)13)17-23(4)50-38)24(5)33(54-31-19-40(10,49-14)34(45)27(8)51-31)25(6)37(46)53-30(16-2)41(11,48)36(52-28)26(43)7/h15,22-36,38,44-45,47-48H,1,16-21H2,2-14H3/t22-,23-,24+,25-,26-,27+,28?,29+,30-,31+,32-,33+,34+,35-,36?,38+,39-,40-,41-/m1/s1. The van der Waals surface area contributed by atoms with E-state index in [4.69, 9.17) is 33.2 Å². The first-order valence-electron chi connectivity index (χ1n) is 20.4. The number of carbonyl (C=O) groups is 1. The van der Waals surface area contributed by atoms with Gasteiger partial charge in [0.2, 0.25) is 0 Å². The number of cyclic esters (lactones) is 1. The van der Waals surface area contributed by atoms with Crippen LogP contribution in [0.1, 0.15) is 94.9 Å². The van der Waals surface area contributed by atoms with Crippen LogP contribution in [0.5, 0.6) is 0 Å². The van der Waals surface area contributed by atoms with Gasteiger partial charge in [0.1, 0.15) is 30.0 Å². The zero-order valence-electron chi connectivity index (χ0n) is 35.7. The molecule has 4 heterocycles. The van der Waals surface area contributed by atoms with Gasteiger partial charge in [-0.1, -0.05) is 26.8 Å². The summed E-state index contributed by atoms with van der Waals surface area (Å²) in [6.07, 6.45) is -5.95. The highest BCUT2D eigenvalue weighted by Crippen LogP contribution is 2.41. The maximum atomic E-state index is 14.4. The first-order valence-corrected chi connectivity index (χ1v) is 20.4. The van der Waals surface area contributed by atoms with Gasteiger partial charge in [-0.25, -0.2) is 0 Å². The summed E-state index contributed by atoms with van der Waals surface area (Å²) in [6.45, 7) is 23.4. The van der Waals surface area contributed by atoms with Crippen LogP contribution in [0, 0.1) is 17.8 Å². The molecule has 4 aliphatic heterocycles. The van der Waals surface area contributed by atoms with Gasteiger partial charge in [0.15, 0.2) is 12.6 Å². The fraction of sp³-hybridized carbons (Fsp3) is 0.927. The van der Waals surface area contributed by atoms with Crippen LogP contribution in [0.15, 0.2) is 12.7 Å². The molecule has 0 spiro atoms. The van der Waals surface area contributed by atoms with Crippen molar-refractivity contribution in [1.82, 2.24) is 9.80 Å². The van der Waals surface area contributed by atoms with Crippen LogP contribution in [0.4, 0.5) is 0 Å². The Morgan fingerprint density at radius 3 is 2.22 bits per heavy atom. The van der Waals surface area contributed by atoms with Crippen LogP contribution in [0.25, 0.3) is 0 Å². The second kappa shape index (κ2) is 18.3. The number of morpholine rings is 1. The zero-order valence-corrected chi connectivity index (χ0v) is 35.7. The number of methoxy groups -OCH3 is 1. The first-order chi connectivity index (χ1) is 25.5. The lowest BCUT2D eigenvalue weighted by Crippen LogP contribution is -2.65. The summed E-state index contributed by atoms with van der Waals surface area (Å²) in [5.74, 6) is -2.42. The van der Waals surface area contributed by atoms with Crippen LogP contribution in [0.2, 0.25) is 0 Å². The van der Waals surface area contributed by atoms with Crippen molar-refractivity contribution in [2.45, 2.75) is 191 Å². The summed E-state index contributed by atoms with van der Waals surface area (Å²) in [4.78, 5) is 18.6. The predicted octanol–water partition coefficient (Wildman–Crippen LogP) is 2.86. The number of rotatable bonds is 8. The molecule has 14 nitrogen and oxygen atoms in total. The third-order valence-corrected chi connectivity index (χ3v) is 13.0. The van der Waals surface area contributed by atoms with E-state index < -0.39 is 89.9 Å². The molecular formula is C41H74N2O12. The van der Waals surface area contributed by atoms with Gasteiger partial charge in [-0.05, 0) is 87.7 Å². The van der Waals surface area contributed by atoms with Crippen molar-refractivity contribution in [2.24, 2.45) is 17.8 Å². The van der Waals surface area contributed by atoms with Gasteiger partial charge in [-0.15, -0.1) is 6.58 Å². The molecular weight excluding hydrogens is 712 g/mol. The Morgan fingerprint density at radius 2 is 1.64 bits per heavy atom. The number of hydrogen-bond donors (Lipinski definition) is 4. The quantitative estimate of drug-likeness (QED) is 0.209. The van der Waals surface area contributed by atoms with Crippen LogP contribution >= 0.6 is 0 Å². The van der Waals surface area contributed by atoms with Crippen LogP contribution in [-0.2, 0) is 38.0 Å². The van der Waals surface area contributed by atoms with Crippen molar-refractivity contribution >= 4 is 5.97 Å². The van der Waals surface area contributed by atoms with E-state index in [1.54, 1.807) is 40.7 Å². The van der Waals surface area contributed by atoms with Crippen LogP contribution < -0.4 is 0 Å². The molecule has 20 atom stereocenters. The Kier molecular flexibility index (Phi) is 15.5. The second-order valence-corrected chi connectivity index (χ2v) is 18.1. The van der Waals surface area contributed by atoms with Gasteiger partial charge in [0.05, 0.1) is 47.6 Å². The molecule has 4 N–H and O–H groups in total. The largest absolute Gasteiger partial charge is 0.459 e. The molecule has 4 saturated heterocycles. The van der Waals surface area contributed by atoms with E-state index in [-0.39, 0.29) is 43.1 Å². The molecule has 0 aromatic rings. The van der Waals surface area contributed by atoms with E-state index in [1.165, 1.54) is 7.11 Å². The smallest absolute Gasteiger partial charge is 0.311 e. The summed E-state index contributed by atoms with van der Waals surface area (Å²) in [5, 5.41) is 47.5. The van der Waals surface area contributed by atoms with Gasteiger partial charge in [-0.2, -0.15) is 0 Å². The van der Waals surface area contributed by atoms with Gasteiger partial charge >= 0.3 is 5.97 Å². The Labute approximate surface area is 329 Å². The summed E-state index contributed by atoms with van der Waals surface area (Å²) >= 11 is 0. The molecule has 320 valence electrons. The van der Waals surface area contributed by atoms with Gasteiger partial charge in [-0.3, -0.25) is 9.69 Å². The molecule has 3 unspecified atom stereocenters. The molecule has 4 fully saturated rings. The molecule has 0 radical (unpaired) electrons. The van der Waals surface area contributed by atoms with Crippen LogP contribution in [-0.4, -0.2) is 167 Å². The zero-order chi connectivity index (χ0) is 41.4. The van der Waals surface area contributed by atoms with E-state index in [0.29, 0.717) is 25.9 Å². The highest BCUT2D eigenvalue weighted by Gasteiger charge is 2.54. The Balaban J connectivity index is 1.84. The molecule has 2 bridgehead atoms. The van der Waals surface area contributed by atoms with Gasteiger partial charge in [0.25, 0.3) is 0 Å². The lowest BCUT2D eigenvalue weighted by atomic mass is 9.77. The number of ether oxygens (including phenoxy) is 7. The van der Waals surface area contributed by atoms with Gasteiger partial charge in [0, 0.05) is 44.6 Å². The first kappa shape index (κ1) is 46.4. The van der Waals surface area contributed by atoms with Crippen molar-refractivity contribution in [3.63, 3.8) is 0 Å². The summed E-state index contributed by atoms with van der Waals surface area (Å²) < 4.78 is 44.5. The van der Waals surface area contributed by atoms with E-state index in [1.807, 2.05) is 46.7 Å². The lowest BCUT2D eigenvalue weighted by Gasteiger charge is -2.50. The van der Waals surface area contributed by atoms with Crippen molar-refractivity contribution in [2.75, 3.05) is 34.3 Å². The SMILES string of the molecule is C=CC1CN2C[C@H](C)C[C@@](C)(O)[C@H](O[C@@H]3O[C@H](C)C[C@H](N(C)C)[C@H]3O)[C@@H](C)[C@H](O[C@H]3C[C@@](C)(OC)[C@@H](O)[C@H](C)O3)[C@@H](C)C(=O)O[C@H](CC)[C@@](C)(O)C(O1)[C@H]2C. The number of carbonyl (C=O) groups excluding carboxylic acids is 1. The molecule has 0 amide bonds. The fourth-order valence-electron chi connectivity index (χ4n) is 9.67. The normalized spacial score (nSPS) is 50.8. The van der Waals surface area contributed by atoms with Crippen molar-refractivity contribution in [3.8, 4) is 0 Å². The van der Waals surface area contributed by atoms with E-state index in [2.05, 4.69) is 18.4 Å². The third-order valence-electron chi connectivity index (χ3n) is 13.0. The summed E-state index contributed by atoms with van der Waals surface area (Å²) in [5.41, 5.74) is -4.13. The number of nitrogens with zero attached hydrogens (tertiary/aromatic N) is 2. The fourth-order valence-corrected chi connectivity index (χ4v) is 9.67. The maximum Gasteiger partial charge on any atom is 0.311 e. The monoisotopic (exact) mass is 787 g/mol. The molecule has 0 aliphatic carbocycles. The second-order valence-electron chi connectivity index (χ2n) is 18.1. The third kappa shape index (κ3) is 10.1. The maximum absolute atomic E-state index is 14.4. The summed E-state index contributed by atoms with van der Waals surface area (Å²) in [7, 11) is 5.32. The minimum absolute atomic E-state index is 0.0937. The Bertz CT molecular complexity index is 1270. The molecule has 55 heavy (non-hydrogen) atoms. The van der Waals surface area contributed by atoms with E-state index >= 15 is 0 Å². The van der Waals surface area contributed by atoms with Crippen LogP contribution in [0.3, 0.4) is 0 Å². The minimum Gasteiger partial charge on any atom is -0.459 e. The summed E-state index contributed by atoms with van der Waals surface area (Å²) in [6, 6.07) is -0.541. The molecule has 4 aliphatic rings. The van der Waals surface area contributed by atoms with E-state index in [0.717, 1.165) is 0 Å². The van der Waals surface area contributed by atoms with E-state index in [9.17, 15) is 25.2 Å². The molecule has 0 aromatic heterocycles.